The van der Waals surface area contributed by atoms with E-state index in [4.69, 9.17) is 0 Å². The van der Waals surface area contributed by atoms with E-state index in [0.29, 0.717) is 6.92 Å². The minimum absolute atomic E-state index is 0.0578. The third-order valence-electron chi connectivity index (χ3n) is 3.02. The Hall–Kier alpha value is -0.420. The monoisotopic (exact) mass is 234 g/mol. The maximum absolute atomic E-state index is 13.6. The Labute approximate surface area is 83.6 Å². The summed E-state index contributed by atoms with van der Waals surface area (Å²) in [5.74, 6) is -8.93. The topological polar surface area (TPSA) is 0 Å². The molecule has 0 aliphatic heterocycles. The van der Waals surface area contributed by atoms with Crippen LogP contribution in [0.1, 0.15) is 33.1 Å². The van der Waals surface area contributed by atoms with Gasteiger partial charge in [0.2, 0.25) is 5.67 Å². The molecule has 0 nitrogen and oxygen atoms in total. The molecule has 0 aromatic heterocycles. The van der Waals surface area contributed by atoms with Crippen molar-refractivity contribution in [1.82, 2.24) is 0 Å². The fourth-order valence-electron chi connectivity index (χ4n) is 1.89. The molecule has 1 saturated carbocycles. The molecule has 2 unspecified atom stereocenters. The summed E-state index contributed by atoms with van der Waals surface area (Å²) in [4.78, 5) is 0. The molecule has 0 saturated heterocycles. The molecule has 1 aliphatic carbocycles. The Morgan fingerprint density at radius 3 is 1.80 bits per heavy atom. The van der Waals surface area contributed by atoms with Gasteiger partial charge in [0.05, 0.1) is 0 Å². The molecule has 0 heterocycles. The number of halogens is 6. The van der Waals surface area contributed by atoms with E-state index in [9.17, 15) is 26.3 Å². The minimum Gasteiger partial charge on any atom is -0.237 e. The number of rotatable bonds is 1. The van der Waals surface area contributed by atoms with Crippen LogP contribution in [0.2, 0.25) is 0 Å². The fourth-order valence-corrected chi connectivity index (χ4v) is 1.89. The van der Waals surface area contributed by atoms with Gasteiger partial charge in [0.25, 0.3) is 5.92 Å². The quantitative estimate of drug-likeness (QED) is 0.603. The molecule has 1 aliphatic rings. The van der Waals surface area contributed by atoms with Crippen LogP contribution in [0.25, 0.3) is 0 Å². The predicted octanol–water partition coefficient (Wildman–Crippen LogP) is 3.90. The van der Waals surface area contributed by atoms with Gasteiger partial charge in [0.1, 0.15) is 0 Å². The third kappa shape index (κ3) is 1.52. The maximum atomic E-state index is 13.6. The standard InChI is InChI=1S/C9H12F6/c1-6(10)4-3-5-8(13,7(2,11)12)9(6,14)15/h3-5H2,1-2H3. The molecular weight excluding hydrogens is 222 g/mol. The van der Waals surface area contributed by atoms with E-state index in [2.05, 4.69) is 0 Å². The van der Waals surface area contributed by atoms with Gasteiger partial charge in [-0.2, -0.15) is 8.78 Å². The van der Waals surface area contributed by atoms with Crippen LogP contribution >= 0.6 is 0 Å². The van der Waals surface area contributed by atoms with E-state index >= 15 is 0 Å². The highest BCUT2D eigenvalue weighted by atomic mass is 19.3. The third-order valence-corrected chi connectivity index (χ3v) is 3.02. The Bertz CT molecular complexity index is 254. The first-order chi connectivity index (χ1) is 6.46. The summed E-state index contributed by atoms with van der Waals surface area (Å²) in [5.41, 5.74) is -7.32. The minimum atomic E-state index is -4.67. The smallest absolute Gasteiger partial charge is 0.237 e. The van der Waals surface area contributed by atoms with E-state index in [1.165, 1.54) is 0 Å². The summed E-state index contributed by atoms with van der Waals surface area (Å²) >= 11 is 0. The molecule has 15 heavy (non-hydrogen) atoms. The molecular formula is C9H12F6. The van der Waals surface area contributed by atoms with Crippen molar-refractivity contribution in [3.8, 4) is 0 Å². The van der Waals surface area contributed by atoms with Crippen molar-refractivity contribution in [2.75, 3.05) is 0 Å². The van der Waals surface area contributed by atoms with Crippen molar-refractivity contribution in [3.63, 3.8) is 0 Å². The van der Waals surface area contributed by atoms with Crippen LogP contribution < -0.4 is 0 Å². The van der Waals surface area contributed by atoms with Gasteiger partial charge in [0.15, 0.2) is 5.67 Å². The highest BCUT2D eigenvalue weighted by Gasteiger charge is 2.75. The summed E-state index contributed by atoms with van der Waals surface area (Å²) in [6.07, 6.45) is -1.95. The van der Waals surface area contributed by atoms with E-state index in [0.717, 1.165) is 0 Å². The SMILES string of the molecule is CC(F)(F)C1(F)CCCC(C)(F)C1(F)F. The molecule has 0 amide bonds. The second kappa shape index (κ2) is 3.04. The van der Waals surface area contributed by atoms with Crippen LogP contribution in [0.4, 0.5) is 26.3 Å². The lowest BCUT2D eigenvalue weighted by atomic mass is 9.72. The second-order valence-electron chi connectivity index (χ2n) is 4.31. The highest BCUT2D eigenvalue weighted by molar-refractivity contribution is 5.13. The van der Waals surface area contributed by atoms with Crippen molar-refractivity contribution in [2.24, 2.45) is 0 Å². The van der Waals surface area contributed by atoms with Gasteiger partial charge in [-0.15, -0.1) is 0 Å². The molecule has 0 aromatic rings. The zero-order valence-electron chi connectivity index (χ0n) is 8.39. The second-order valence-corrected chi connectivity index (χ2v) is 4.31. The van der Waals surface area contributed by atoms with Crippen molar-refractivity contribution < 1.29 is 26.3 Å². The summed E-state index contributed by atoms with van der Waals surface area (Å²) in [5, 5.41) is 0. The Balaban J connectivity index is 3.20. The molecule has 0 N–H and O–H groups in total. The van der Waals surface area contributed by atoms with Gasteiger partial charge in [-0.1, -0.05) is 0 Å². The van der Waals surface area contributed by atoms with E-state index in [1.54, 1.807) is 0 Å². The predicted molar refractivity (Wildman–Crippen MR) is 42.8 cm³/mol. The lowest BCUT2D eigenvalue weighted by Crippen LogP contribution is -2.66. The largest absolute Gasteiger partial charge is 0.320 e. The zero-order valence-corrected chi connectivity index (χ0v) is 8.39. The van der Waals surface area contributed by atoms with Gasteiger partial charge < -0.3 is 0 Å². The number of hydrogen-bond acceptors (Lipinski definition) is 0. The Morgan fingerprint density at radius 1 is 1.00 bits per heavy atom. The van der Waals surface area contributed by atoms with E-state index in [1.807, 2.05) is 0 Å². The van der Waals surface area contributed by atoms with Crippen molar-refractivity contribution >= 4 is 0 Å². The maximum Gasteiger partial charge on any atom is 0.320 e. The van der Waals surface area contributed by atoms with Gasteiger partial charge in [-0.05, 0) is 26.2 Å². The normalized spacial score (nSPS) is 41.6. The number of hydrogen-bond donors (Lipinski definition) is 0. The van der Waals surface area contributed by atoms with Crippen molar-refractivity contribution in [3.05, 3.63) is 0 Å². The van der Waals surface area contributed by atoms with Crippen LogP contribution in [0.15, 0.2) is 0 Å². The molecule has 1 fully saturated rings. The van der Waals surface area contributed by atoms with Crippen LogP contribution in [0.3, 0.4) is 0 Å². The van der Waals surface area contributed by atoms with Crippen LogP contribution in [0, 0.1) is 0 Å². The van der Waals surface area contributed by atoms with Crippen molar-refractivity contribution in [2.45, 2.75) is 56.3 Å². The van der Waals surface area contributed by atoms with E-state index < -0.39 is 36.0 Å². The van der Waals surface area contributed by atoms with Gasteiger partial charge in [-0.3, -0.25) is 0 Å². The summed E-state index contributed by atoms with van der Waals surface area (Å²) in [7, 11) is 0. The summed E-state index contributed by atoms with van der Waals surface area (Å²) < 4.78 is 79.2. The molecule has 2 atom stereocenters. The molecule has 0 bridgehead atoms. The molecule has 0 aromatic carbocycles. The Kier molecular flexibility index (Phi) is 2.57. The lowest BCUT2D eigenvalue weighted by molar-refractivity contribution is -0.301. The Morgan fingerprint density at radius 2 is 1.47 bits per heavy atom. The first kappa shape index (κ1) is 12.6. The first-order valence-corrected chi connectivity index (χ1v) is 4.59. The summed E-state index contributed by atoms with van der Waals surface area (Å²) in [6.45, 7) is 0.522. The van der Waals surface area contributed by atoms with Crippen LogP contribution in [-0.2, 0) is 0 Å². The first-order valence-electron chi connectivity index (χ1n) is 4.59. The highest BCUT2D eigenvalue weighted by Crippen LogP contribution is 2.57. The fraction of sp³-hybridized carbons (Fsp3) is 1.00. The molecule has 0 spiro atoms. The molecule has 6 heteroatoms. The van der Waals surface area contributed by atoms with Gasteiger partial charge >= 0.3 is 5.92 Å². The molecule has 1 rings (SSSR count). The van der Waals surface area contributed by atoms with Crippen LogP contribution in [0.5, 0.6) is 0 Å². The molecule has 0 radical (unpaired) electrons. The summed E-state index contributed by atoms with van der Waals surface area (Å²) in [6, 6.07) is 0. The lowest BCUT2D eigenvalue weighted by Gasteiger charge is -2.46. The van der Waals surface area contributed by atoms with Gasteiger partial charge in [0, 0.05) is 6.92 Å². The van der Waals surface area contributed by atoms with E-state index in [-0.39, 0.29) is 13.3 Å². The average Bonchev–Trinajstić information content (AvgIpc) is 1.98. The van der Waals surface area contributed by atoms with Crippen molar-refractivity contribution in [1.29, 1.82) is 0 Å². The zero-order chi connectivity index (χ0) is 12.1. The number of alkyl halides is 6. The van der Waals surface area contributed by atoms with Crippen LogP contribution in [-0.4, -0.2) is 23.2 Å². The van der Waals surface area contributed by atoms with Gasteiger partial charge in [-0.25, -0.2) is 17.6 Å². The molecule has 90 valence electrons. The average molecular weight is 234 g/mol.